The first kappa shape index (κ1) is 23.9. The Labute approximate surface area is 168 Å². The molecule has 158 valence electrons. The maximum Gasteiger partial charge on any atom is 0.244 e. The number of piperidine rings is 1. The Morgan fingerprint density at radius 1 is 1.36 bits per heavy atom. The van der Waals surface area contributed by atoms with Crippen LogP contribution >= 0.6 is 0 Å². The van der Waals surface area contributed by atoms with Crippen molar-refractivity contribution in [2.45, 2.75) is 78.7 Å². The van der Waals surface area contributed by atoms with Crippen LogP contribution in [0.15, 0.2) is 0 Å². The van der Waals surface area contributed by atoms with Crippen LogP contribution in [0.1, 0.15) is 73.1 Å². The van der Waals surface area contributed by atoms with Crippen LogP contribution in [-0.4, -0.2) is 29.8 Å². The van der Waals surface area contributed by atoms with Gasteiger partial charge in [0.15, 0.2) is 0 Å². The molecular formula is C21H36N4O3. The molecule has 0 aromatic carbocycles. The molecule has 7 nitrogen and oxygen atoms in total. The Balaban J connectivity index is 3.20. The smallest absolute Gasteiger partial charge is 0.244 e. The fourth-order valence-corrected chi connectivity index (χ4v) is 3.85. The van der Waals surface area contributed by atoms with Crippen LogP contribution in [0.25, 0.3) is 0 Å². The van der Waals surface area contributed by atoms with E-state index < -0.39 is 17.4 Å². The van der Waals surface area contributed by atoms with Crippen LogP contribution < -0.4 is 16.4 Å². The van der Waals surface area contributed by atoms with Crippen molar-refractivity contribution in [1.29, 1.82) is 5.26 Å². The second-order valence-electron chi connectivity index (χ2n) is 9.60. The molecule has 0 bridgehead atoms. The number of nitrogens with two attached hydrogens (primary N) is 1. The normalized spacial score (nSPS) is 20.6. The van der Waals surface area contributed by atoms with E-state index in [1.807, 2.05) is 34.6 Å². The van der Waals surface area contributed by atoms with E-state index in [1.165, 1.54) is 0 Å². The highest BCUT2D eigenvalue weighted by Crippen LogP contribution is 2.36. The average Bonchev–Trinajstić information content (AvgIpc) is 2.57. The predicted octanol–water partition coefficient (Wildman–Crippen LogP) is 2.26. The Morgan fingerprint density at radius 3 is 2.46 bits per heavy atom. The molecule has 3 amide bonds. The van der Waals surface area contributed by atoms with Gasteiger partial charge < -0.3 is 16.4 Å². The standard InChI is InChI=1S/C21H36N4O3/c1-14(2)8-9-17(26)25-21(19(23)28,13-20(3,4)5)16(12-22)11-15-7-6-10-24-18(15)27/h14-16H,6-11,13H2,1-5H3,(H2,23,28)(H,24,27)(H,25,26)/t15-,16+,21?/m0/s1. The lowest BCUT2D eigenvalue weighted by Crippen LogP contribution is -2.63. The summed E-state index contributed by atoms with van der Waals surface area (Å²) in [6.07, 6.45) is 2.87. The zero-order valence-electron chi connectivity index (χ0n) is 17.9. The van der Waals surface area contributed by atoms with Gasteiger partial charge in [-0.05, 0) is 43.4 Å². The number of nitriles is 1. The molecule has 1 fully saturated rings. The van der Waals surface area contributed by atoms with E-state index in [9.17, 15) is 19.6 Å². The van der Waals surface area contributed by atoms with Crippen molar-refractivity contribution >= 4 is 17.7 Å². The minimum atomic E-state index is -1.50. The van der Waals surface area contributed by atoms with Crippen molar-refractivity contribution in [2.24, 2.45) is 28.9 Å². The highest BCUT2D eigenvalue weighted by atomic mass is 16.2. The molecule has 28 heavy (non-hydrogen) atoms. The second-order valence-corrected chi connectivity index (χ2v) is 9.60. The van der Waals surface area contributed by atoms with Crippen LogP contribution in [-0.2, 0) is 14.4 Å². The van der Waals surface area contributed by atoms with E-state index in [4.69, 9.17) is 5.73 Å². The number of rotatable bonds is 9. The first-order valence-corrected chi connectivity index (χ1v) is 10.2. The predicted molar refractivity (Wildman–Crippen MR) is 108 cm³/mol. The van der Waals surface area contributed by atoms with Crippen LogP contribution in [0.4, 0.5) is 0 Å². The number of carbonyl (C=O) groups is 3. The highest BCUT2D eigenvalue weighted by Gasteiger charge is 2.49. The molecule has 0 aromatic heterocycles. The molecule has 7 heteroatoms. The van der Waals surface area contributed by atoms with Gasteiger partial charge in [-0.1, -0.05) is 34.6 Å². The number of hydrogen-bond donors (Lipinski definition) is 3. The zero-order chi connectivity index (χ0) is 21.5. The van der Waals surface area contributed by atoms with E-state index in [2.05, 4.69) is 16.7 Å². The molecule has 3 atom stereocenters. The van der Waals surface area contributed by atoms with Gasteiger partial charge in [-0.15, -0.1) is 0 Å². The van der Waals surface area contributed by atoms with E-state index in [-0.39, 0.29) is 42.4 Å². The van der Waals surface area contributed by atoms with Gasteiger partial charge in [0, 0.05) is 18.9 Å². The Kier molecular flexibility index (Phi) is 8.47. The van der Waals surface area contributed by atoms with Crippen molar-refractivity contribution in [3.8, 4) is 6.07 Å². The minimum absolute atomic E-state index is 0.105. The first-order chi connectivity index (χ1) is 12.9. The van der Waals surface area contributed by atoms with Crippen LogP contribution in [0.2, 0.25) is 0 Å². The maximum absolute atomic E-state index is 12.7. The summed E-state index contributed by atoms with van der Waals surface area (Å²) < 4.78 is 0. The van der Waals surface area contributed by atoms with E-state index in [1.54, 1.807) is 0 Å². The van der Waals surface area contributed by atoms with Gasteiger partial charge in [-0.25, -0.2) is 0 Å². The van der Waals surface area contributed by atoms with E-state index in [0.29, 0.717) is 25.3 Å². The first-order valence-electron chi connectivity index (χ1n) is 10.2. The third-order valence-electron chi connectivity index (χ3n) is 5.23. The van der Waals surface area contributed by atoms with Gasteiger partial charge >= 0.3 is 0 Å². The SMILES string of the molecule is CC(C)CCC(=O)NC(CC(C)(C)C)(C(N)=O)[C@@H](C#N)C[C@@H]1CCCNC1=O. The quantitative estimate of drug-likeness (QED) is 0.556. The van der Waals surface area contributed by atoms with E-state index in [0.717, 1.165) is 6.42 Å². The van der Waals surface area contributed by atoms with Crippen molar-refractivity contribution < 1.29 is 14.4 Å². The molecule has 0 radical (unpaired) electrons. The third kappa shape index (κ3) is 6.81. The summed E-state index contributed by atoms with van der Waals surface area (Å²) in [4.78, 5) is 37.5. The van der Waals surface area contributed by atoms with Gasteiger partial charge in [0.05, 0.1) is 12.0 Å². The van der Waals surface area contributed by atoms with Crippen molar-refractivity contribution in [3.05, 3.63) is 0 Å². The van der Waals surface area contributed by atoms with Gasteiger partial charge in [-0.3, -0.25) is 14.4 Å². The summed E-state index contributed by atoms with van der Waals surface area (Å²) in [6.45, 7) is 10.5. The number of primary amides is 1. The fraction of sp³-hybridized carbons (Fsp3) is 0.810. The molecule has 0 saturated carbocycles. The zero-order valence-corrected chi connectivity index (χ0v) is 17.9. The largest absolute Gasteiger partial charge is 0.368 e. The lowest BCUT2D eigenvalue weighted by Gasteiger charge is -2.41. The minimum Gasteiger partial charge on any atom is -0.368 e. The van der Waals surface area contributed by atoms with Crippen molar-refractivity contribution in [1.82, 2.24) is 10.6 Å². The van der Waals surface area contributed by atoms with Crippen molar-refractivity contribution in [2.75, 3.05) is 6.54 Å². The topological polar surface area (TPSA) is 125 Å². The lowest BCUT2D eigenvalue weighted by molar-refractivity contribution is -0.136. The average molecular weight is 393 g/mol. The van der Waals surface area contributed by atoms with Gasteiger partial charge in [0.2, 0.25) is 17.7 Å². The summed E-state index contributed by atoms with van der Waals surface area (Å²) in [5, 5.41) is 15.6. The summed E-state index contributed by atoms with van der Waals surface area (Å²) in [6, 6.07) is 2.19. The lowest BCUT2D eigenvalue weighted by atomic mass is 9.69. The molecular weight excluding hydrogens is 356 g/mol. The van der Waals surface area contributed by atoms with Gasteiger partial charge in [-0.2, -0.15) is 5.26 Å². The molecule has 1 unspecified atom stereocenters. The number of hydrogen-bond acceptors (Lipinski definition) is 4. The summed E-state index contributed by atoms with van der Waals surface area (Å²) in [7, 11) is 0. The van der Waals surface area contributed by atoms with Gasteiger partial charge in [0.1, 0.15) is 5.54 Å². The van der Waals surface area contributed by atoms with Crippen LogP contribution in [0.5, 0.6) is 0 Å². The molecule has 1 aliphatic rings. The number of amides is 3. The van der Waals surface area contributed by atoms with Crippen molar-refractivity contribution in [3.63, 3.8) is 0 Å². The number of nitrogens with one attached hydrogen (secondary N) is 2. The Morgan fingerprint density at radius 2 is 2.00 bits per heavy atom. The number of nitrogens with zero attached hydrogens (tertiary/aromatic N) is 1. The molecule has 4 N–H and O–H groups in total. The maximum atomic E-state index is 12.7. The second kappa shape index (κ2) is 9.90. The van der Waals surface area contributed by atoms with Crippen LogP contribution in [0, 0.1) is 34.5 Å². The third-order valence-corrected chi connectivity index (χ3v) is 5.23. The summed E-state index contributed by atoms with van der Waals surface area (Å²) in [5.41, 5.74) is 3.94. The summed E-state index contributed by atoms with van der Waals surface area (Å²) in [5.74, 6) is -2.00. The monoisotopic (exact) mass is 392 g/mol. The molecule has 0 aliphatic carbocycles. The molecule has 1 saturated heterocycles. The molecule has 0 spiro atoms. The fourth-order valence-electron chi connectivity index (χ4n) is 3.85. The van der Waals surface area contributed by atoms with Gasteiger partial charge in [0.25, 0.3) is 0 Å². The number of carbonyl (C=O) groups excluding carboxylic acids is 3. The summed E-state index contributed by atoms with van der Waals surface area (Å²) >= 11 is 0. The molecule has 1 heterocycles. The highest BCUT2D eigenvalue weighted by molar-refractivity contribution is 5.91. The molecule has 1 rings (SSSR count). The van der Waals surface area contributed by atoms with Crippen LogP contribution in [0.3, 0.4) is 0 Å². The Hall–Kier alpha value is -2.10. The van der Waals surface area contributed by atoms with E-state index >= 15 is 0 Å². The Bertz CT molecular complexity index is 618. The molecule has 1 aliphatic heterocycles. The molecule has 0 aromatic rings.